The Labute approximate surface area is 140 Å². The number of nitrogens with zero attached hydrogens (tertiary/aromatic N) is 1. The molecule has 1 atom stereocenters. The lowest BCUT2D eigenvalue weighted by Crippen LogP contribution is -2.49. The van der Waals surface area contributed by atoms with Crippen molar-refractivity contribution in [2.45, 2.75) is 51.5 Å². The first kappa shape index (κ1) is 16.4. The molecule has 2 heterocycles. The van der Waals surface area contributed by atoms with Gasteiger partial charge in [-0.3, -0.25) is 29.4 Å². The first-order valence-electron chi connectivity index (χ1n) is 8.07. The van der Waals surface area contributed by atoms with E-state index in [9.17, 15) is 19.2 Å². The third kappa shape index (κ3) is 2.52. The first-order chi connectivity index (χ1) is 11.2. The van der Waals surface area contributed by atoms with E-state index in [1.807, 2.05) is 26.8 Å². The lowest BCUT2D eigenvalue weighted by atomic mass is 9.82. The number of hydrogen-bond acceptors (Lipinski definition) is 4. The van der Waals surface area contributed by atoms with Crippen LogP contribution >= 0.6 is 0 Å². The summed E-state index contributed by atoms with van der Waals surface area (Å²) in [4.78, 5) is 50.5. The van der Waals surface area contributed by atoms with Crippen LogP contribution in [0.15, 0.2) is 18.2 Å². The molecule has 0 aliphatic carbocycles. The minimum atomic E-state index is -0.934. The second kappa shape index (κ2) is 5.54. The summed E-state index contributed by atoms with van der Waals surface area (Å²) < 4.78 is 0. The van der Waals surface area contributed by atoms with Gasteiger partial charge in [0, 0.05) is 6.42 Å². The van der Waals surface area contributed by atoms with Crippen molar-refractivity contribution >= 4 is 23.6 Å². The third-order valence-electron chi connectivity index (χ3n) is 4.51. The van der Waals surface area contributed by atoms with Gasteiger partial charge in [-0.25, -0.2) is 0 Å². The van der Waals surface area contributed by atoms with E-state index < -0.39 is 23.8 Å². The molecule has 0 bridgehead atoms. The van der Waals surface area contributed by atoms with Gasteiger partial charge in [0.2, 0.25) is 11.8 Å². The number of amides is 4. The van der Waals surface area contributed by atoms with E-state index in [1.54, 1.807) is 12.1 Å². The topological polar surface area (TPSA) is 83.6 Å². The molecule has 24 heavy (non-hydrogen) atoms. The molecule has 6 heteroatoms. The predicted molar refractivity (Wildman–Crippen MR) is 86.4 cm³/mol. The molecule has 6 nitrogen and oxygen atoms in total. The molecule has 1 N–H and O–H groups in total. The minimum Gasteiger partial charge on any atom is -0.295 e. The molecule has 0 saturated carbocycles. The summed E-state index contributed by atoms with van der Waals surface area (Å²) in [6, 6.07) is 4.27. The van der Waals surface area contributed by atoms with Crippen LogP contribution in [0.25, 0.3) is 0 Å². The van der Waals surface area contributed by atoms with Crippen LogP contribution in [-0.2, 0) is 15.0 Å². The molecule has 0 aromatic heterocycles. The second-order valence-electron chi connectivity index (χ2n) is 7.28. The molecule has 1 aromatic rings. The van der Waals surface area contributed by atoms with Crippen molar-refractivity contribution in [2.24, 2.45) is 0 Å². The highest BCUT2D eigenvalue weighted by molar-refractivity contribution is 6.24. The van der Waals surface area contributed by atoms with Crippen LogP contribution in [0.3, 0.4) is 0 Å². The number of fused-ring (bicyclic) bond motifs is 1. The van der Waals surface area contributed by atoms with Crippen molar-refractivity contribution in [1.82, 2.24) is 10.2 Å². The molecular formula is C18H20N2O4. The number of benzene rings is 1. The highest BCUT2D eigenvalue weighted by Gasteiger charge is 2.45. The van der Waals surface area contributed by atoms with Crippen LogP contribution in [0.5, 0.6) is 0 Å². The van der Waals surface area contributed by atoms with Crippen molar-refractivity contribution in [2.75, 3.05) is 0 Å². The van der Waals surface area contributed by atoms with Crippen molar-refractivity contribution < 1.29 is 19.2 Å². The van der Waals surface area contributed by atoms with E-state index in [2.05, 4.69) is 5.32 Å². The Hall–Kier alpha value is -2.50. The normalized spacial score (nSPS) is 21.6. The maximum atomic E-state index is 13.0. The number of hydrogen-bond donors (Lipinski definition) is 1. The van der Waals surface area contributed by atoms with E-state index >= 15 is 0 Å². The van der Waals surface area contributed by atoms with Crippen LogP contribution in [0.2, 0.25) is 0 Å². The van der Waals surface area contributed by atoms with Crippen LogP contribution in [0.4, 0.5) is 0 Å². The van der Waals surface area contributed by atoms with E-state index in [4.69, 9.17) is 0 Å². The third-order valence-corrected chi connectivity index (χ3v) is 4.51. The van der Waals surface area contributed by atoms with Gasteiger partial charge >= 0.3 is 0 Å². The molecular weight excluding hydrogens is 308 g/mol. The van der Waals surface area contributed by atoms with Crippen LogP contribution in [-0.4, -0.2) is 34.6 Å². The molecule has 4 amide bonds. The number of carbonyl (C=O) groups excluding carboxylic acids is 4. The van der Waals surface area contributed by atoms with Crippen LogP contribution < -0.4 is 5.32 Å². The summed E-state index contributed by atoms with van der Waals surface area (Å²) in [7, 11) is 0. The van der Waals surface area contributed by atoms with Crippen LogP contribution in [0.1, 0.15) is 66.3 Å². The van der Waals surface area contributed by atoms with Crippen molar-refractivity contribution in [3.63, 3.8) is 0 Å². The van der Waals surface area contributed by atoms with Gasteiger partial charge in [-0.05, 0) is 29.9 Å². The zero-order valence-corrected chi connectivity index (χ0v) is 14.0. The number of nitrogens with one attached hydrogen (secondary N) is 1. The lowest BCUT2D eigenvalue weighted by molar-refractivity contribution is -0.131. The van der Waals surface area contributed by atoms with Gasteiger partial charge in [-0.1, -0.05) is 32.9 Å². The molecule has 1 unspecified atom stereocenters. The Morgan fingerprint density at radius 3 is 2.46 bits per heavy atom. The van der Waals surface area contributed by atoms with E-state index in [0.717, 1.165) is 10.5 Å². The first-order valence-corrected chi connectivity index (χ1v) is 8.07. The summed E-state index contributed by atoms with van der Waals surface area (Å²) >= 11 is 0. The monoisotopic (exact) mass is 328 g/mol. The summed E-state index contributed by atoms with van der Waals surface area (Å²) in [6.45, 7) is 5.92. The van der Waals surface area contributed by atoms with Gasteiger partial charge < -0.3 is 0 Å². The van der Waals surface area contributed by atoms with Crippen molar-refractivity contribution in [3.05, 3.63) is 34.9 Å². The van der Waals surface area contributed by atoms with Gasteiger partial charge in [0.1, 0.15) is 6.04 Å². The Morgan fingerprint density at radius 1 is 1.08 bits per heavy atom. The van der Waals surface area contributed by atoms with E-state index in [0.29, 0.717) is 24.0 Å². The minimum absolute atomic E-state index is 0.221. The van der Waals surface area contributed by atoms with Gasteiger partial charge in [0.25, 0.3) is 11.8 Å². The zero-order valence-electron chi connectivity index (χ0n) is 14.0. The zero-order chi connectivity index (χ0) is 17.6. The molecule has 2 aliphatic rings. The fourth-order valence-corrected chi connectivity index (χ4v) is 3.33. The van der Waals surface area contributed by atoms with Gasteiger partial charge in [-0.15, -0.1) is 0 Å². The molecule has 0 spiro atoms. The average molecular weight is 328 g/mol. The largest absolute Gasteiger partial charge is 0.295 e. The molecule has 0 radical (unpaired) electrons. The fraction of sp³-hybridized carbons (Fsp3) is 0.444. The Kier molecular flexibility index (Phi) is 3.78. The van der Waals surface area contributed by atoms with Crippen molar-refractivity contribution in [3.8, 4) is 0 Å². The lowest BCUT2D eigenvalue weighted by Gasteiger charge is -2.24. The van der Waals surface area contributed by atoms with E-state index in [-0.39, 0.29) is 17.7 Å². The number of rotatable bonds is 1. The molecule has 1 aromatic carbocycles. The summed E-state index contributed by atoms with van der Waals surface area (Å²) in [5.41, 5.74) is 1.18. The summed E-state index contributed by atoms with van der Waals surface area (Å²) in [6.07, 6.45) is 0.980. The maximum absolute atomic E-state index is 13.0. The van der Waals surface area contributed by atoms with Gasteiger partial charge in [0.15, 0.2) is 0 Å². The van der Waals surface area contributed by atoms with E-state index in [1.165, 1.54) is 0 Å². The maximum Gasteiger partial charge on any atom is 0.262 e. The molecule has 1 fully saturated rings. The standard InChI is InChI=1S/C18H20N2O4/c1-18(2,3)11-7-4-6-10-14(11)17(24)20(16(10)23)12-8-5-9-13(21)19-15(12)22/h4,6-7,12H,5,8-9H2,1-3H3,(H,19,21,22). The average Bonchev–Trinajstić information content (AvgIpc) is 2.63. The Balaban J connectivity index is 2.05. The Bertz CT molecular complexity index is 761. The Morgan fingerprint density at radius 2 is 1.79 bits per heavy atom. The highest BCUT2D eigenvalue weighted by Crippen LogP contribution is 2.35. The molecule has 2 aliphatic heterocycles. The SMILES string of the molecule is CC(C)(C)c1cccc2c1C(=O)N(C1CCCC(=O)NC1=O)C2=O. The van der Waals surface area contributed by atoms with Crippen LogP contribution in [0, 0.1) is 0 Å². The second-order valence-corrected chi connectivity index (χ2v) is 7.28. The van der Waals surface area contributed by atoms with Crippen molar-refractivity contribution in [1.29, 1.82) is 0 Å². The fourth-order valence-electron chi connectivity index (χ4n) is 3.33. The molecule has 1 saturated heterocycles. The molecule has 126 valence electrons. The number of imide groups is 2. The smallest absolute Gasteiger partial charge is 0.262 e. The highest BCUT2D eigenvalue weighted by atomic mass is 16.2. The van der Waals surface area contributed by atoms with Gasteiger partial charge in [-0.2, -0.15) is 0 Å². The summed E-state index contributed by atoms with van der Waals surface area (Å²) in [5.74, 6) is -1.86. The number of carbonyl (C=O) groups is 4. The quantitative estimate of drug-likeness (QED) is 0.797. The predicted octanol–water partition coefficient (Wildman–Crippen LogP) is 1.78. The molecule has 3 rings (SSSR count). The van der Waals surface area contributed by atoms with Gasteiger partial charge in [0.05, 0.1) is 11.1 Å². The summed E-state index contributed by atoms with van der Waals surface area (Å²) in [5, 5.41) is 2.26.